The van der Waals surface area contributed by atoms with E-state index in [9.17, 15) is 5.11 Å². The van der Waals surface area contributed by atoms with Gasteiger partial charge in [-0.1, -0.05) is 80.9 Å². The van der Waals surface area contributed by atoms with Crippen molar-refractivity contribution in [1.82, 2.24) is 9.78 Å². The molecular weight excluding hydrogens is 356 g/mol. The van der Waals surface area contributed by atoms with Crippen LogP contribution >= 0.6 is 0 Å². The zero-order valence-corrected chi connectivity index (χ0v) is 18.0. The summed E-state index contributed by atoms with van der Waals surface area (Å²) in [4.78, 5) is 0. The molecule has 3 nitrogen and oxygen atoms in total. The normalized spacial score (nSPS) is 19.9. The summed E-state index contributed by atoms with van der Waals surface area (Å²) in [5, 5.41) is 16.1. The maximum Gasteiger partial charge on any atom is 0.0986 e. The molecule has 4 rings (SSSR count). The van der Waals surface area contributed by atoms with E-state index >= 15 is 0 Å². The predicted molar refractivity (Wildman–Crippen MR) is 119 cm³/mol. The summed E-state index contributed by atoms with van der Waals surface area (Å²) in [6, 6.07) is 18.7. The molecule has 0 amide bonds. The zero-order chi connectivity index (χ0) is 20.5. The van der Waals surface area contributed by atoms with Crippen LogP contribution in [0, 0.1) is 12.8 Å². The van der Waals surface area contributed by atoms with Crippen molar-refractivity contribution in [1.29, 1.82) is 0 Å². The molecule has 0 saturated heterocycles. The highest BCUT2D eigenvalue weighted by Crippen LogP contribution is 2.46. The van der Waals surface area contributed by atoms with Gasteiger partial charge in [0.05, 0.1) is 24.0 Å². The first-order valence-corrected chi connectivity index (χ1v) is 10.9. The molecule has 1 heterocycles. The molecule has 3 atom stereocenters. The lowest BCUT2D eigenvalue weighted by Gasteiger charge is -2.29. The number of aromatic nitrogens is 2. The van der Waals surface area contributed by atoms with Crippen molar-refractivity contribution in [2.45, 2.75) is 65.0 Å². The smallest absolute Gasteiger partial charge is 0.0986 e. The number of aliphatic hydroxyl groups is 1. The highest BCUT2D eigenvalue weighted by molar-refractivity contribution is 5.66. The molecule has 29 heavy (non-hydrogen) atoms. The van der Waals surface area contributed by atoms with Crippen LogP contribution in [0.3, 0.4) is 0 Å². The molecule has 3 aromatic rings. The molecule has 1 aromatic heterocycles. The van der Waals surface area contributed by atoms with Crippen LogP contribution in [0.15, 0.2) is 54.6 Å². The standard InChI is InChI=1S/C26H32N2O/c1-17(2)22-15-12-19(4)24-25(22)27-28(26(24)21-8-6-5-7-9-21)16-23(29)20-13-10-18(3)11-14-20/h5-11,13-14,17,19,22-23,29H,12,15-16H2,1-4H3/t19-,22+,23+/m1/s1. The van der Waals surface area contributed by atoms with Crippen molar-refractivity contribution in [2.24, 2.45) is 5.92 Å². The molecule has 1 N–H and O–H groups in total. The summed E-state index contributed by atoms with van der Waals surface area (Å²) in [7, 11) is 0. The molecule has 1 aliphatic rings. The molecule has 0 unspecified atom stereocenters. The first-order chi connectivity index (χ1) is 14.0. The van der Waals surface area contributed by atoms with Gasteiger partial charge in [-0.15, -0.1) is 0 Å². The largest absolute Gasteiger partial charge is 0.386 e. The highest BCUT2D eigenvalue weighted by atomic mass is 16.3. The van der Waals surface area contributed by atoms with E-state index < -0.39 is 6.10 Å². The second-order valence-corrected chi connectivity index (χ2v) is 8.95. The highest BCUT2D eigenvalue weighted by Gasteiger charge is 2.34. The van der Waals surface area contributed by atoms with Crippen molar-refractivity contribution < 1.29 is 5.11 Å². The van der Waals surface area contributed by atoms with E-state index in [4.69, 9.17) is 5.10 Å². The van der Waals surface area contributed by atoms with E-state index in [1.165, 1.54) is 40.9 Å². The molecule has 0 bridgehead atoms. The van der Waals surface area contributed by atoms with Gasteiger partial charge in [0.1, 0.15) is 0 Å². The van der Waals surface area contributed by atoms with E-state index in [0.29, 0.717) is 24.3 Å². The third-order valence-electron chi connectivity index (χ3n) is 6.43. The molecule has 0 saturated carbocycles. The Morgan fingerprint density at radius 2 is 1.72 bits per heavy atom. The number of nitrogens with zero attached hydrogens (tertiary/aromatic N) is 2. The lowest BCUT2D eigenvalue weighted by molar-refractivity contribution is 0.152. The van der Waals surface area contributed by atoms with E-state index in [1.54, 1.807) is 0 Å². The minimum atomic E-state index is -0.577. The van der Waals surface area contributed by atoms with E-state index in [-0.39, 0.29) is 0 Å². The number of rotatable bonds is 5. The van der Waals surface area contributed by atoms with Crippen LogP contribution < -0.4 is 0 Å². The Labute approximate surface area is 174 Å². The minimum absolute atomic E-state index is 0.470. The summed E-state index contributed by atoms with van der Waals surface area (Å²) in [6.45, 7) is 9.46. The summed E-state index contributed by atoms with van der Waals surface area (Å²) >= 11 is 0. The van der Waals surface area contributed by atoms with Gasteiger partial charge in [0, 0.05) is 17.0 Å². The summed E-state index contributed by atoms with van der Waals surface area (Å²) in [5.41, 5.74) is 7.15. The number of fused-ring (bicyclic) bond motifs is 1. The van der Waals surface area contributed by atoms with Crippen molar-refractivity contribution in [3.05, 3.63) is 77.0 Å². The van der Waals surface area contributed by atoms with Crippen LogP contribution in [0.2, 0.25) is 0 Å². The average Bonchev–Trinajstić information content (AvgIpc) is 3.08. The first-order valence-electron chi connectivity index (χ1n) is 10.9. The number of aryl methyl sites for hydroxylation is 1. The van der Waals surface area contributed by atoms with Gasteiger partial charge < -0.3 is 5.11 Å². The zero-order valence-electron chi connectivity index (χ0n) is 18.0. The molecule has 0 aliphatic heterocycles. The van der Waals surface area contributed by atoms with Gasteiger partial charge in [-0.05, 0) is 37.2 Å². The Morgan fingerprint density at radius 3 is 2.38 bits per heavy atom. The third-order valence-corrected chi connectivity index (χ3v) is 6.43. The lowest BCUT2D eigenvalue weighted by atomic mass is 9.75. The SMILES string of the molecule is Cc1ccc([C@@H](O)Cn2nc3c(c2-c2ccccc2)[C@H](C)CC[C@H]3C(C)C)cc1. The Morgan fingerprint density at radius 1 is 1.03 bits per heavy atom. The number of aliphatic hydroxyl groups excluding tert-OH is 1. The van der Waals surface area contributed by atoms with Crippen LogP contribution in [0.25, 0.3) is 11.3 Å². The third kappa shape index (κ3) is 3.89. The molecule has 0 radical (unpaired) electrons. The van der Waals surface area contributed by atoms with Gasteiger partial charge in [-0.25, -0.2) is 0 Å². The minimum Gasteiger partial charge on any atom is -0.386 e. The molecule has 0 fully saturated rings. The number of hydrogen-bond acceptors (Lipinski definition) is 2. The molecular formula is C26H32N2O. The van der Waals surface area contributed by atoms with Crippen molar-refractivity contribution in [2.75, 3.05) is 0 Å². The van der Waals surface area contributed by atoms with Gasteiger partial charge >= 0.3 is 0 Å². The van der Waals surface area contributed by atoms with E-state index in [0.717, 1.165) is 5.56 Å². The average molecular weight is 389 g/mol. The molecule has 152 valence electrons. The van der Waals surface area contributed by atoms with Gasteiger partial charge in [-0.2, -0.15) is 5.10 Å². The predicted octanol–water partition coefficient (Wildman–Crippen LogP) is 6.23. The Kier molecular flexibility index (Phi) is 5.60. The van der Waals surface area contributed by atoms with E-state index in [2.05, 4.69) is 74.8 Å². The Hall–Kier alpha value is -2.39. The van der Waals surface area contributed by atoms with Gasteiger partial charge in [-0.3, -0.25) is 4.68 Å². The topological polar surface area (TPSA) is 38.0 Å². The molecule has 1 aliphatic carbocycles. The maximum absolute atomic E-state index is 11.0. The monoisotopic (exact) mass is 388 g/mol. The van der Waals surface area contributed by atoms with Crippen LogP contribution in [0.1, 0.15) is 73.9 Å². The second kappa shape index (κ2) is 8.16. The fourth-order valence-corrected chi connectivity index (χ4v) is 4.70. The van der Waals surface area contributed by atoms with Crippen LogP contribution in [0.5, 0.6) is 0 Å². The summed E-state index contributed by atoms with van der Waals surface area (Å²) in [5.74, 6) is 1.54. The van der Waals surface area contributed by atoms with Gasteiger partial charge in [0.2, 0.25) is 0 Å². The molecule has 3 heteroatoms. The summed E-state index contributed by atoms with van der Waals surface area (Å²) in [6.07, 6.45) is 1.81. The fraction of sp³-hybridized carbons (Fsp3) is 0.423. The Balaban J connectivity index is 1.80. The van der Waals surface area contributed by atoms with E-state index in [1.807, 2.05) is 12.1 Å². The summed E-state index contributed by atoms with van der Waals surface area (Å²) < 4.78 is 2.07. The molecule has 0 spiro atoms. The molecule has 2 aromatic carbocycles. The van der Waals surface area contributed by atoms with Crippen molar-refractivity contribution in [3.63, 3.8) is 0 Å². The van der Waals surface area contributed by atoms with Gasteiger partial charge in [0.25, 0.3) is 0 Å². The van der Waals surface area contributed by atoms with Crippen LogP contribution in [-0.4, -0.2) is 14.9 Å². The number of benzene rings is 2. The first kappa shape index (κ1) is 19.9. The van der Waals surface area contributed by atoms with Crippen molar-refractivity contribution in [3.8, 4) is 11.3 Å². The maximum atomic E-state index is 11.0. The second-order valence-electron chi connectivity index (χ2n) is 8.95. The van der Waals surface area contributed by atoms with Gasteiger partial charge in [0.15, 0.2) is 0 Å². The fourth-order valence-electron chi connectivity index (χ4n) is 4.70. The Bertz CT molecular complexity index is 956. The van der Waals surface area contributed by atoms with Crippen LogP contribution in [0.4, 0.5) is 0 Å². The van der Waals surface area contributed by atoms with Crippen LogP contribution in [-0.2, 0) is 6.54 Å². The quantitative estimate of drug-likeness (QED) is 0.563. The lowest BCUT2D eigenvalue weighted by Crippen LogP contribution is -2.17. The van der Waals surface area contributed by atoms with Crippen molar-refractivity contribution >= 4 is 0 Å². The number of hydrogen-bond donors (Lipinski definition) is 1.